The number of unbranched alkanes of at least 4 members (excludes halogenated alkanes) is 1. The first-order chi connectivity index (χ1) is 38.1. The number of pyridine rings is 2. The van der Waals surface area contributed by atoms with Crippen LogP contribution in [0.15, 0.2) is 73.1 Å². The zero-order valence-electron chi connectivity index (χ0n) is 43.6. The minimum absolute atomic E-state index is 0.0521. The van der Waals surface area contributed by atoms with Gasteiger partial charge < -0.3 is 61.1 Å². The van der Waals surface area contributed by atoms with Crippen LogP contribution in [0.4, 0.5) is 26.8 Å². The van der Waals surface area contributed by atoms with E-state index in [2.05, 4.69) is 47.2 Å². The second-order valence-corrected chi connectivity index (χ2v) is 21.4. The fraction of sp³-hybridized carbons (Fsp3) is 0.500. The van der Waals surface area contributed by atoms with Crippen molar-refractivity contribution in [2.75, 3.05) is 88.3 Å². The van der Waals surface area contributed by atoms with Gasteiger partial charge >= 0.3 is 12.1 Å². The molecule has 22 nitrogen and oxygen atoms in total. The summed E-state index contributed by atoms with van der Waals surface area (Å²) in [5, 5.41) is 21.5. The fourth-order valence-corrected chi connectivity index (χ4v) is 12.0. The zero-order valence-corrected chi connectivity index (χ0v) is 45.2. The number of thiophene rings is 1. The number of nitrogens with zero attached hydrogens (tertiary/aromatic N) is 4. The van der Waals surface area contributed by atoms with Crippen LogP contribution in [-0.4, -0.2) is 158 Å². The minimum Gasteiger partial charge on any atom is -0.456 e. The largest absolute Gasteiger partial charge is 0.456 e. The van der Waals surface area contributed by atoms with Gasteiger partial charge in [0.05, 0.1) is 61.5 Å². The highest BCUT2D eigenvalue weighted by Crippen LogP contribution is 2.45. The van der Waals surface area contributed by atoms with Crippen LogP contribution < -0.4 is 46.9 Å². The Kier molecular flexibility index (Phi) is 21.9. The number of urea groups is 2. The molecule has 78 heavy (non-hydrogen) atoms. The van der Waals surface area contributed by atoms with Crippen LogP contribution in [-0.2, 0) is 33.4 Å². The standard InChI is InChI=1S/C54H69N11O11S2/c66-43(15-5-4-14-41-48-39(35-77-41)61-53(71)62-48)56-23-9-27-73-29-31-75-32-30-74-28-10-24-57-45(68)17-6-16-44(67)55-22-7-18-46(69)64-26-8-11-36(34-64)60-51(70)50-49-47-40(21-25-58-52(47)78-50)65(54(72)63-49)42-20-19-38(33-59-42)76-37-12-2-1-3-13-37/h1-3,7,12-13,18-21,25,33,36,39,41,48H,4-6,8-11,14-17,22-24,26-32,34-35H2,(H,55,67)(H,56,66)(H,57,68)(H,60,70)(H,63,72)(H2,61,62,71)/b18-7+/t36?,39-,41-,48-/m1/s1. The molecule has 4 aliphatic heterocycles. The van der Waals surface area contributed by atoms with Gasteiger partial charge in [-0.1, -0.05) is 30.7 Å². The summed E-state index contributed by atoms with van der Waals surface area (Å²) < 4.78 is 22.6. The molecule has 4 aliphatic rings. The second kappa shape index (κ2) is 29.8. The Hall–Kier alpha value is -6.86. The molecule has 7 heterocycles. The smallest absolute Gasteiger partial charge is 0.332 e. The number of aromatic nitrogens is 2. The third kappa shape index (κ3) is 16.8. The van der Waals surface area contributed by atoms with Crippen molar-refractivity contribution in [2.45, 2.75) is 94.0 Å². The lowest BCUT2D eigenvalue weighted by molar-refractivity contribution is -0.127. The number of piperidine rings is 1. The molecule has 9 amide bonds. The van der Waals surface area contributed by atoms with Crippen LogP contribution >= 0.6 is 23.1 Å². The average molecular weight is 1110 g/mol. The van der Waals surface area contributed by atoms with Gasteiger partial charge in [-0.05, 0) is 75.3 Å². The molecule has 0 saturated carbocycles. The summed E-state index contributed by atoms with van der Waals surface area (Å²) in [7, 11) is 0. The van der Waals surface area contributed by atoms with Gasteiger partial charge in [0.1, 0.15) is 27.0 Å². The Morgan fingerprint density at radius 2 is 1.49 bits per heavy atom. The van der Waals surface area contributed by atoms with Crippen molar-refractivity contribution in [1.29, 1.82) is 0 Å². The SMILES string of the molecule is O=C(CCCC(=O)NCCCOCCOCCOCCCNC(=O)CCCC[C@H]1SC[C@H]2NC(=O)N[C@H]21)NC/C=C/C(=O)N1CCCC(NC(=O)c2sc3nccc4c3c2NC(=O)N4c2ccc(Oc3ccccc3)cn2)C1. The van der Waals surface area contributed by atoms with E-state index in [-0.39, 0.29) is 73.1 Å². The van der Waals surface area contributed by atoms with Crippen molar-refractivity contribution in [3.8, 4) is 11.5 Å². The van der Waals surface area contributed by atoms with Gasteiger partial charge in [-0.25, -0.2) is 24.5 Å². The van der Waals surface area contributed by atoms with E-state index in [1.165, 1.54) is 22.3 Å². The van der Waals surface area contributed by atoms with E-state index < -0.39 is 6.03 Å². The number of ether oxygens (including phenoxy) is 4. The van der Waals surface area contributed by atoms with E-state index in [9.17, 15) is 33.6 Å². The van der Waals surface area contributed by atoms with Crippen molar-refractivity contribution >= 4 is 92.1 Å². The third-order valence-electron chi connectivity index (χ3n) is 13.3. The summed E-state index contributed by atoms with van der Waals surface area (Å²) >= 11 is 3.07. The topological polar surface area (TPSA) is 273 Å². The molecule has 0 bridgehead atoms. The number of fused-ring (bicyclic) bond motifs is 1. The summed E-state index contributed by atoms with van der Waals surface area (Å²) in [6, 6.07) is 14.0. The first-order valence-corrected chi connectivity index (χ1v) is 28.7. The predicted molar refractivity (Wildman–Crippen MR) is 296 cm³/mol. The van der Waals surface area contributed by atoms with E-state index in [1.54, 1.807) is 41.6 Å². The molecular formula is C54H69N11O11S2. The summed E-state index contributed by atoms with van der Waals surface area (Å²) in [6.07, 6.45) is 12.9. The summed E-state index contributed by atoms with van der Waals surface area (Å²) in [5.74, 6) is 1.53. The molecule has 24 heteroatoms. The number of benzene rings is 1. The van der Waals surface area contributed by atoms with E-state index in [1.807, 2.05) is 42.1 Å². The van der Waals surface area contributed by atoms with Gasteiger partial charge in [0.2, 0.25) is 23.6 Å². The van der Waals surface area contributed by atoms with Crippen molar-refractivity contribution in [3.05, 3.63) is 78.0 Å². The summed E-state index contributed by atoms with van der Waals surface area (Å²) in [4.78, 5) is 102. The Balaban J connectivity index is 0.609. The number of para-hydroxylation sites is 1. The molecule has 4 atom stereocenters. The highest BCUT2D eigenvalue weighted by atomic mass is 32.2. The van der Waals surface area contributed by atoms with Crippen LogP contribution in [0.5, 0.6) is 11.5 Å². The highest BCUT2D eigenvalue weighted by Gasteiger charge is 2.42. The molecule has 3 fully saturated rings. The van der Waals surface area contributed by atoms with Crippen LogP contribution in [0.25, 0.3) is 10.2 Å². The monoisotopic (exact) mass is 1110 g/mol. The Labute approximate surface area is 461 Å². The molecule has 0 aliphatic carbocycles. The Bertz CT molecular complexity index is 2720. The molecule has 1 unspecified atom stereocenters. The van der Waals surface area contributed by atoms with Crippen molar-refractivity contribution < 1.29 is 52.5 Å². The molecule has 3 saturated heterocycles. The van der Waals surface area contributed by atoms with Crippen LogP contribution in [0.3, 0.4) is 0 Å². The predicted octanol–water partition coefficient (Wildman–Crippen LogP) is 5.52. The molecule has 1 aromatic carbocycles. The molecule has 7 N–H and O–H groups in total. The third-order valence-corrected chi connectivity index (χ3v) is 15.9. The van der Waals surface area contributed by atoms with Crippen molar-refractivity contribution in [2.24, 2.45) is 0 Å². The highest BCUT2D eigenvalue weighted by molar-refractivity contribution is 8.00. The van der Waals surface area contributed by atoms with Gasteiger partial charge in [0, 0.05) is 94.5 Å². The maximum absolute atomic E-state index is 13.8. The number of amides is 9. The number of hydrogen-bond donors (Lipinski definition) is 7. The maximum atomic E-state index is 13.8. The average Bonchev–Trinajstić information content (AvgIpc) is 4.16. The van der Waals surface area contributed by atoms with Crippen molar-refractivity contribution in [3.63, 3.8) is 0 Å². The molecule has 418 valence electrons. The minimum atomic E-state index is -0.481. The number of carbonyl (C=O) groups is 7. The summed E-state index contributed by atoms with van der Waals surface area (Å²) in [6.45, 7) is 4.72. The van der Waals surface area contributed by atoms with Crippen LogP contribution in [0.1, 0.15) is 80.3 Å². The molecule has 3 aromatic heterocycles. The lowest BCUT2D eigenvalue weighted by Crippen LogP contribution is -2.49. The number of likely N-dealkylation sites (tertiary alicyclic amines) is 1. The van der Waals surface area contributed by atoms with E-state index >= 15 is 0 Å². The Morgan fingerprint density at radius 1 is 0.769 bits per heavy atom. The van der Waals surface area contributed by atoms with E-state index in [0.29, 0.717) is 147 Å². The first kappa shape index (κ1) is 57.3. The number of rotatable bonds is 31. The number of nitrogens with one attached hydrogen (secondary N) is 7. The van der Waals surface area contributed by atoms with Crippen LogP contribution in [0.2, 0.25) is 0 Å². The quantitative estimate of drug-likeness (QED) is 0.0186. The second-order valence-electron chi connectivity index (χ2n) is 19.1. The van der Waals surface area contributed by atoms with Gasteiger partial charge in [-0.15, -0.1) is 11.3 Å². The van der Waals surface area contributed by atoms with Crippen LogP contribution in [0, 0.1) is 0 Å². The summed E-state index contributed by atoms with van der Waals surface area (Å²) in [5.41, 5.74) is 0.912. The molecule has 0 spiro atoms. The maximum Gasteiger partial charge on any atom is 0.332 e. The molecule has 8 rings (SSSR count). The van der Waals surface area contributed by atoms with Gasteiger partial charge in [-0.2, -0.15) is 11.8 Å². The first-order valence-electron chi connectivity index (χ1n) is 26.8. The number of thioether (sulfide) groups is 1. The lowest BCUT2D eigenvalue weighted by Gasteiger charge is -2.32. The molecule has 0 radical (unpaired) electrons. The van der Waals surface area contributed by atoms with Gasteiger partial charge in [0.15, 0.2) is 0 Å². The molecule has 4 aromatic rings. The zero-order chi connectivity index (χ0) is 54.5. The fourth-order valence-electron chi connectivity index (χ4n) is 9.44. The Morgan fingerprint density at radius 3 is 2.22 bits per heavy atom. The normalized spacial score (nSPS) is 18.5. The number of hydrogen-bond acceptors (Lipinski definition) is 15. The van der Waals surface area contributed by atoms with E-state index in [4.69, 9.17) is 18.9 Å². The molecular weight excluding hydrogens is 1040 g/mol. The van der Waals surface area contributed by atoms with E-state index in [0.717, 1.165) is 31.4 Å². The number of anilines is 3. The van der Waals surface area contributed by atoms with Gasteiger partial charge in [-0.3, -0.25) is 24.0 Å². The van der Waals surface area contributed by atoms with Gasteiger partial charge in [0.25, 0.3) is 5.91 Å². The van der Waals surface area contributed by atoms with Crippen molar-refractivity contribution in [1.82, 2.24) is 46.8 Å². The number of carbonyl (C=O) groups excluding carboxylic acids is 7. The lowest BCUT2D eigenvalue weighted by atomic mass is 10.0.